The van der Waals surface area contributed by atoms with Crippen molar-refractivity contribution >= 4 is 27.4 Å². The molecule has 0 saturated heterocycles. The summed E-state index contributed by atoms with van der Waals surface area (Å²) in [7, 11) is 2.07. The highest BCUT2D eigenvalue weighted by Gasteiger charge is 2.05. The third kappa shape index (κ3) is 1.89. The molecule has 0 unspecified atom stereocenters. The van der Waals surface area contributed by atoms with Crippen LogP contribution in [0.3, 0.4) is 0 Å². The standard InChI is InChI=1S/C12H12N4S/c1-16-8-9(6-13-12-7-14-15-17-12)10-4-2-3-5-11(10)16/h2-5,7-8,13H,6H2,1H3. The van der Waals surface area contributed by atoms with Crippen molar-refractivity contribution in [3.05, 3.63) is 42.2 Å². The molecule has 0 aliphatic heterocycles. The van der Waals surface area contributed by atoms with Crippen LogP contribution in [0.4, 0.5) is 5.00 Å². The Morgan fingerprint density at radius 1 is 1.35 bits per heavy atom. The van der Waals surface area contributed by atoms with Gasteiger partial charge in [0.25, 0.3) is 0 Å². The maximum atomic E-state index is 3.83. The van der Waals surface area contributed by atoms with E-state index in [1.54, 1.807) is 6.20 Å². The number of fused-ring (bicyclic) bond motifs is 1. The normalized spacial score (nSPS) is 10.9. The first-order valence-corrected chi connectivity index (χ1v) is 6.16. The summed E-state index contributed by atoms with van der Waals surface area (Å²) in [5.41, 5.74) is 2.54. The van der Waals surface area contributed by atoms with E-state index in [0.29, 0.717) is 0 Å². The van der Waals surface area contributed by atoms with Crippen molar-refractivity contribution < 1.29 is 0 Å². The van der Waals surface area contributed by atoms with Gasteiger partial charge in [0, 0.05) is 42.2 Å². The van der Waals surface area contributed by atoms with Gasteiger partial charge in [0.1, 0.15) is 5.00 Å². The van der Waals surface area contributed by atoms with Crippen molar-refractivity contribution in [3.63, 3.8) is 0 Å². The molecule has 0 spiro atoms. The molecule has 0 bridgehead atoms. The van der Waals surface area contributed by atoms with Crippen molar-refractivity contribution in [1.29, 1.82) is 0 Å². The van der Waals surface area contributed by atoms with Gasteiger partial charge in [-0.25, -0.2) is 0 Å². The summed E-state index contributed by atoms with van der Waals surface area (Å²) in [6, 6.07) is 8.41. The first-order valence-electron chi connectivity index (χ1n) is 5.39. The first kappa shape index (κ1) is 10.3. The SMILES string of the molecule is Cn1cc(CNc2cnns2)c2ccccc21. The van der Waals surface area contributed by atoms with Gasteiger partial charge in [-0.2, -0.15) is 0 Å². The van der Waals surface area contributed by atoms with Gasteiger partial charge in [0.2, 0.25) is 0 Å². The van der Waals surface area contributed by atoms with Crippen LogP contribution >= 0.6 is 11.5 Å². The Hall–Kier alpha value is -1.88. The van der Waals surface area contributed by atoms with Gasteiger partial charge in [-0.1, -0.05) is 22.7 Å². The number of nitrogens with zero attached hydrogens (tertiary/aromatic N) is 3. The second kappa shape index (κ2) is 4.18. The zero-order valence-corrected chi connectivity index (χ0v) is 10.2. The van der Waals surface area contributed by atoms with E-state index in [2.05, 4.69) is 57.0 Å². The molecule has 2 aromatic heterocycles. The van der Waals surface area contributed by atoms with Crippen LogP contribution in [-0.4, -0.2) is 14.2 Å². The van der Waals surface area contributed by atoms with Gasteiger partial charge in [-0.05, 0) is 11.6 Å². The van der Waals surface area contributed by atoms with Crippen molar-refractivity contribution in [2.24, 2.45) is 7.05 Å². The minimum absolute atomic E-state index is 0.797. The van der Waals surface area contributed by atoms with Crippen LogP contribution in [0.1, 0.15) is 5.56 Å². The second-order valence-electron chi connectivity index (χ2n) is 3.92. The molecule has 0 fully saturated rings. The molecule has 0 amide bonds. The number of hydrogen-bond acceptors (Lipinski definition) is 4. The quantitative estimate of drug-likeness (QED) is 0.770. The first-order chi connectivity index (χ1) is 8.34. The van der Waals surface area contributed by atoms with Crippen LogP contribution < -0.4 is 5.32 Å². The molecule has 0 atom stereocenters. The summed E-state index contributed by atoms with van der Waals surface area (Å²) in [6.07, 6.45) is 3.90. The van der Waals surface area contributed by atoms with Crippen LogP contribution in [0.15, 0.2) is 36.7 Å². The highest BCUT2D eigenvalue weighted by Crippen LogP contribution is 2.21. The van der Waals surface area contributed by atoms with Crippen LogP contribution in [0, 0.1) is 0 Å². The maximum Gasteiger partial charge on any atom is 0.130 e. The third-order valence-corrected chi connectivity index (χ3v) is 3.42. The summed E-state index contributed by atoms with van der Waals surface area (Å²) in [5.74, 6) is 0. The number of benzene rings is 1. The monoisotopic (exact) mass is 244 g/mol. The summed E-state index contributed by atoms with van der Waals surface area (Å²) in [6.45, 7) is 0.797. The van der Waals surface area contributed by atoms with Crippen LogP contribution in [0.25, 0.3) is 10.9 Å². The average molecular weight is 244 g/mol. The van der Waals surface area contributed by atoms with Crippen LogP contribution in [0.5, 0.6) is 0 Å². The average Bonchev–Trinajstić information content (AvgIpc) is 2.96. The van der Waals surface area contributed by atoms with Gasteiger partial charge in [-0.15, -0.1) is 5.10 Å². The Morgan fingerprint density at radius 2 is 2.24 bits per heavy atom. The zero-order valence-electron chi connectivity index (χ0n) is 9.42. The lowest BCUT2D eigenvalue weighted by molar-refractivity contribution is 0.956. The summed E-state index contributed by atoms with van der Waals surface area (Å²) >= 11 is 1.38. The fourth-order valence-electron chi connectivity index (χ4n) is 1.99. The molecule has 3 aromatic rings. The van der Waals surface area contributed by atoms with E-state index in [9.17, 15) is 0 Å². The molecule has 0 saturated carbocycles. The Morgan fingerprint density at radius 3 is 3.06 bits per heavy atom. The largest absolute Gasteiger partial charge is 0.370 e. The number of para-hydroxylation sites is 1. The predicted octanol–water partition coefficient (Wildman–Crippen LogP) is 2.64. The molecular formula is C12H12N4S. The molecule has 0 aliphatic carbocycles. The summed E-state index contributed by atoms with van der Waals surface area (Å²) in [5, 5.41) is 9.42. The van der Waals surface area contributed by atoms with E-state index < -0.39 is 0 Å². The van der Waals surface area contributed by atoms with E-state index in [1.165, 1.54) is 28.0 Å². The second-order valence-corrected chi connectivity index (χ2v) is 4.70. The summed E-state index contributed by atoms with van der Waals surface area (Å²) in [4.78, 5) is 0. The Bertz CT molecular complexity index is 627. The van der Waals surface area contributed by atoms with E-state index in [1.807, 2.05) is 0 Å². The number of aromatic nitrogens is 3. The fourth-order valence-corrected chi connectivity index (χ4v) is 2.41. The van der Waals surface area contributed by atoms with Crippen LogP contribution in [-0.2, 0) is 13.6 Å². The highest BCUT2D eigenvalue weighted by atomic mass is 32.1. The highest BCUT2D eigenvalue weighted by molar-refractivity contribution is 7.09. The molecule has 0 aliphatic rings. The van der Waals surface area contributed by atoms with Crippen molar-refractivity contribution in [3.8, 4) is 0 Å². The lowest BCUT2D eigenvalue weighted by Crippen LogP contribution is -1.96. The smallest absolute Gasteiger partial charge is 0.130 e. The van der Waals surface area contributed by atoms with Gasteiger partial charge in [0.15, 0.2) is 0 Å². The molecule has 17 heavy (non-hydrogen) atoms. The zero-order chi connectivity index (χ0) is 11.7. The Labute approximate surface area is 103 Å². The van der Waals surface area contributed by atoms with Gasteiger partial charge in [-0.3, -0.25) is 0 Å². The number of rotatable bonds is 3. The fraction of sp³-hybridized carbons (Fsp3) is 0.167. The van der Waals surface area contributed by atoms with Gasteiger partial charge in [0.05, 0.1) is 6.20 Å². The molecule has 2 heterocycles. The number of anilines is 1. The molecule has 1 N–H and O–H groups in total. The Balaban J connectivity index is 1.90. The van der Waals surface area contributed by atoms with Crippen molar-refractivity contribution in [2.45, 2.75) is 6.54 Å². The van der Waals surface area contributed by atoms with Crippen molar-refractivity contribution in [2.75, 3.05) is 5.32 Å². The number of nitrogens with one attached hydrogen (secondary N) is 1. The van der Waals surface area contributed by atoms with E-state index in [0.717, 1.165) is 11.5 Å². The predicted molar refractivity (Wildman–Crippen MR) is 70.2 cm³/mol. The minimum atomic E-state index is 0.797. The molecule has 5 heteroatoms. The third-order valence-electron chi connectivity index (χ3n) is 2.79. The van der Waals surface area contributed by atoms with Crippen molar-refractivity contribution in [1.82, 2.24) is 14.2 Å². The lowest BCUT2D eigenvalue weighted by Gasteiger charge is -2.00. The van der Waals surface area contributed by atoms with E-state index >= 15 is 0 Å². The molecule has 3 rings (SSSR count). The number of hydrogen-bond donors (Lipinski definition) is 1. The molecular weight excluding hydrogens is 232 g/mol. The molecule has 86 valence electrons. The molecule has 4 nitrogen and oxygen atoms in total. The molecule has 1 aromatic carbocycles. The summed E-state index contributed by atoms with van der Waals surface area (Å²) < 4.78 is 5.98. The lowest BCUT2D eigenvalue weighted by atomic mass is 10.2. The number of aryl methyl sites for hydroxylation is 1. The van der Waals surface area contributed by atoms with Gasteiger partial charge < -0.3 is 9.88 Å². The Kier molecular flexibility index (Phi) is 2.53. The minimum Gasteiger partial charge on any atom is -0.370 e. The molecule has 0 radical (unpaired) electrons. The van der Waals surface area contributed by atoms with Gasteiger partial charge >= 0.3 is 0 Å². The van der Waals surface area contributed by atoms with E-state index in [-0.39, 0.29) is 0 Å². The topological polar surface area (TPSA) is 42.7 Å². The maximum absolute atomic E-state index is 3.83. The van der Waals surface area contributed by atoms with E-state index in [4.69, 9.17) is 0 Å². The van der Waals surface area contributed by atoms with Crippen LogP contribution in [0.2, 0.25) is 0 Å².